The Morgan fingerprint density at radius 1 is 1.65 bits per heavy atom. The SMILES string of the molecule is C=C(c1c(Br)cnc(OC)c1[N+](=O)[O-])N(C)C. The van der Waals surface area contributed by atoms with E-state index in [9.17, 15) is 10.1 Å². The second kappa shape index (κ2) is 5.13. The number of hydrogen-bond donors (Lipinski definition) is 0. The highest BCUT2D eigenvalue weighted by Gasteiger charge is 2.27. The van der Waals surface area contributed by atoms with Crippen LogP contribution < -0.4 is 4.74 Å². The summed E-state index contributed by atoms with van der Waals surface area (Å²) in [5.74, 6) is -0.0313. The zero-order chi connectivity index (χ0) is 13.2. The van der Waals surface area contributed by atoms with E-state index in [1.165, 1.54) is 13.3 Å². The monoisotopic (exact) mass is 301 g/mol. The number of nitro groups is 1. The smallest absolute Gasteiger partial charge is 0.341 e. The molecule has 0 saturated heterocycles. The maximum absolute atomic E-state index is 11.1. The largest absolute Gasteiger partial charge is 0.476 e. The number of aromatic nitrogens is 1. The van der Waals surface area contributed by atoms with Crippen molar-refractivity contribution in [3.63, 3.8) is 0 Å². The number of pyridine rings is 1. The van der Waals surface area contributed by atoms with E-state index in [1.807, 2.05) is 0 Å². The van der Waals surface area contributed by atoms with E-state index in [2.05, 4.69) is 27.5 Å². The van der Waals surface area contributed by atoms with Crippen molar-refractivity contribution in [3.05, 3.63) is 32.9 Å². The molecule has 0 spiro atoms. The van der Waals surface area contributed by atoms with Gasteiger partial charge in [-0.05, 0) is 15.9 Å². The zero-order valence-corrected chi connectivity index (χ0v) is 11.3. The minimum absolute atomic E-state index is 0.0313. The molecular formula is C10H12BrN3O3. The molecule has 0 N–H and O–H groups in total. The highest BCUT2D eigenvalue weighted by Crippen LogP contribution is 2.38. The lowest BCUT2D eigenvalue weighted by Gasteiger charge is -2.17. The van der Waals surface area contributed by atoms with Crippen molar-refractivity contribution in [1.82, 2.24) is 9.88 Å². The van der Waals surface area contributed by atoms with Crippen molar-refractivity contribution >= 4 is 27.3 Å². The van der Waals surface area contributed by atoms with Gasteiger partial charge in [0, 0.05) is 26.0 Å². The van der Waals surface area contributed by atoms with E-state index < -0.39 is 4.92 Å². The van der Waals surface area contributed by atoms with Crippen molar-refractivity contribution in [3.8, 4) is 5.88 Å². The Kier molecular flexibility index (Phi) is 4.06. The molecular weight excluding hydrogens is 290 g/mol. The molecule has 0 atom stereocenters. The summed E-state index contributed by atoms with van der Waals surface area (Å²) in [6.45, 7) is 3.81. The van der Waals surface area contributed by atoms with Crippen molar-refractivity contribution < 1.29 is 9.66 Å². The van der Waals surface area contributed by atoms with Gasteiger partial charge in [-0.1, -0.05) is 6.58 Å². The van der Waals surface area contributed by atoms with Crippen LogP contribution in [0.2, 0.25) is 0 Å². The summed E-state index contributed by atoms with van der Waals surface area (Å²) < 4.78 is 5.40. The molecule has 0 aliphatic carbocycles. The van der Waals surface area contributed by atoms with E-state index in [1.54, 1.807) is 19.0 Å². The third-order valence-corrected chi connectivity index (χ3v) is 2.78. The van der Waals surface area contributed by atoms with E-state index in [0.29, 0.717) is 15.7 Å². The lowest BCUT2D eigenvalue weighted by molar-refractivity contribution is -0.386. The van der Waals surface area contributed by atoms with Crippen LogP contribution in [-0.4, -0.2) is 36.0 Å². The minimum atomic E-state index is -0.527. The minimum Gasteiger partial charge on any atom is -0.476 e. The van der Waals surface area contributed by atoms with E-state index >= 15 is 0 Å². The molecule has 0 aliphatic rings. The maximum atomic E-state index is 11.1. The Morgan fingerprint density at radius 3 is 2.65 bits per heavy atom. The van der Waals surface area contributed by atoms with Crippen LogP contribution in [0.3, 0.4) is 0 Å². The van der Waals surface area contributed by atoms with Gasteiger partial charge < -0.3 is 9.64 Å². The lowest BCUT2D eigenvalue weighted by atomic mass is 10.1. The van der Waals surface area contributed by atoms with Gasteiger partial charge in [-0.2, -0.15) is 0 Å². The average molecular weight is 302 g/mol. The first kappa shape index (κ1) is 13.4. The molecule has 0 aromatic carbocycles. The van der Waals surface area contributed by atoms with Crippen LogP contribution in [0.4, 0.5) is 5.69 Å². The molecule has 92 valence electrons. The first-order valence-electron chi connectivity index (χ1n) is 4.63. The third-order valence-electron chi connectivity index (χ3n) is 2.18. The molecule has 0 bridgehead atoms. The van der Waals surface area contributed by atoms with Gasteiger partial charge in [-0.3, -0.25) is 10.1 Å². The topological polar surface area (TPSA) is 68.5 Å². The van der Waals surface area contributed by atoms with Gasteiger partial charge in [0.1, 0.15) is 0 Å². The van der Waals surface area contributed by atoms with E-state index in [0.717, 1.165) is 0 Å². The Balaban J connectivity index is 3.55. The van der Waals surface area contributed by atoms with Crippen LogP contribution in [-0.2, 0) is 0 Å². The summed E-state index contributed by atoms with van der Waals surface area (Å²) in [5.41, 5.74) is 0.678. The normalized spacial score (nSPS) is 9.88. The highest BCUT2D eigenvalue weighted by molar-refractivity contribution is 9.10. The van der Waals surface area contributed by atoms with Crippen molar-refractivity contribution in [2.75, 3.05) is 21.2 Å². The summed E-state index contributed by atoms with van der Waals surface area (Å²) in [6.07, 6.45) is 1.45. The van der Waals surface area contributed by atoms with Gasteiger partial charge in [0.2, 0.25) is 0 Å². The van der Waals surface area contributed by atoms with Gasteiger partial charge >= 0.3 is 5.69 Å². The summed E-state index contributed by atoms with van der Waals surface area (Å²) in [6, 6.07) is 0. The van der Waals surface area contributed by atoms with Crippen LogP contribution in [0.15, 0.2) is 17.2 Å². The highest BCUT2D eigenvalue weighted by atomic mass is 79.9. The van der Waals surface area contributed by atoms with Gasteiger partial charge in [0.05, 0.1) is 22.1 Å². The molecule has 0 radical (unpaired) electrons. The molecule has 0 unspecified atom stereocenters. The fraction of sp³-hybridized carbons (Fsp3) is 0.300. The van der Waals surface area contributed by atoms with Crippen molar-refractivity contribution in [2.24, 2.45) is 0 Å². The van der Waals surface area contributed by atoms with E-state index in [-0.39, 0.29) is 11.6 Å². The van der Waals surface area contributed by atoms with Crippen LogP contribution in [0, 0.1) is 10.1 Å². The summed E-state index contributed by atoms with van der Waals surface area (Å²) in [5, 5.41) is 11.1. The molecule has 0 saturated carbocycles. The molecule has 7 heteroatoms. The van der Waals surface area contributed by atoms with Crippen LogP contribution in [0.1, 0.15) is 5.56 Å². The average Bonchev–Trinajstić information content (AvgIpc) is 2.27. The Bertz CT molecular complexity index is 474. The molecule has 1 aromatic heterocycles. The summed E-state index contributed by atoms with van der Waals surface area (Å²) in [7, 11) is 4.85. The fourth-order valence-electron chi connectivity index (χ4n) is 1.28. The maximum Gasteiger partial charge on any atom is 0.341 e. The number of hydrogen-bond acceptors (Lipinski definition) is 5. The molecule has 1 aromatic rings. The van der Waals surface area contributed by atoms with Crippen LogP contribution >= 0.6 is 15.9 Å². The second-order valence-corrected chi connectivity index (χ2v) is 4.29. The third kappa shape index (κ3) is 2.55. The molecule has 6 nitrogen and oxygen atoms in total. The number of ether oxygens (including phenoxy) is 1. The Morgan fingerprint density at radius 2 is 2.24 bits per heavy atom. The quantitative estimate of drug-likeness (QED) is 0.630. The van der Waals surface area contributed by atoms with Crippen LogP contribution in [0.25, 0.3) is 5.70 Å². The predicted octanol–water partition coefficient (Wildman–Crippen LogP) is 2.29. The second-order valence-electron chi connectivity index (χ2n) is 3.44. The van der Waals surface area contributed by atoms with Crippen molar-refractivity contribution in [2.45, 2.75) is 0 Å². The molecule has 1 heterocycles. The van der Waals surface area contributed by atoms with Gasteiger partial charge in [0.25, 0.3) is 5.88 Å². The molecule has 0 aliphatic heterocycles. The Hall–Kier alpha value is -1.63. The van der Waals surface area contributed by atoms with E-state index in [4.69, 9.17) is 4.74 Å². The fourth-order valence-corrected chi connectivity index (χ4v) is 1.80. The summed E-state index contributed by atoms with van der Waals surface area (Å²) in [4.78, 5) is 16.1. The van der Waals surface area contributed by atoms with Gasteiger partial charge in [0.15, 0.2) is 0 Å². The summed E-state index contributed by atoms with van der Waals surface area (Å²) >= 11 is 3.24. The van der Waals surface area contributed by atoms with Crippen molar-refractivity contribution in [1.29, 1.82) is 0 Å². The Labute approximate surface area is 107 Å². The number of methoxy groups -OCH3 is 1. The number of rotatable bonds is 4. The first-order chi connectivity index (χ1) is 7.90. The van der Waals surface area contributed by atoms with Gasteiger partial charge in [-0.25, -0.2) is 4.98 Å². The van der Waals surface area contributed by atoms with Gasteiger partial charge in [-0.15, -0.1) is 0 Å². The number of nitrogens with zero attached hydrogens (tertiary/aromatic N) is 3. The first-order valence-corrected chi connectivity index (χ1v) is 5.43. The molecule has 0 amide bonds. The standard InChI is InChI=1S/C10H12BrN3O3/c1-6(13(2)3)8-7(11)5-12-10(17-4)9(8)14(15)16/h5H,1H2,2-4H3. The molecule has 0 fully saturated rings. The molecule has 1 rings (SSSR count). The number of halogens is 1. The molecule has 17 heavy (non-hydrogen) atoms. The van der Waals surface area contributed by atoms with Crippen LogP contribution in [0.5, 0.6) is 5.88 Å². The lowest BCUT2D eigenvalue weighted by Crippen LogP contribution is -2.12. The zero-order valence-electron chi connectivity index (χ0n) is 9.73. The predicted molar refractivity (Wildman–Crippen MR) is 67.9 cm³/mol.